The van der Waals surface area contributed by atoms with Gasteiger partial charge in [0.15, 0.2) is 17.0 Å². The molecule has 148 valence electrons. The molecule has 0 spiro atoms. The molecule has 0 unspecified atom stereocenters. The van der Waals surface area contributed by atoms with Crippen LogP contribution in [0.1, 0.15) is 19.9 Å². The SMILES string of the molecule is CC(C)n1cnc2c(NCCOc3ccccc3)nc(Nc3ccncc3)nc21. The molecule has 3 aromatic heterocycles. The Hall–Kier alpha value is -3.68. The maximum Gasteiger partial charge on any atom is 0.231 e. The molecule has 0 radical (unpaired) electrons. The highest BCUT2D eigenvalue weighted by molar-refractivity contribution is 5.84. The molecule has 0 fully saturated rings. The third-order valence-electron chi connectivity index (χ3n) is 4.32. The molecule has 0 saturated carbocycles. The summed E-state index contributed by atoms with van der Waals surface area (Å²) < 4.78 is 7.78. The van der Waals surface area contributed by atoms with Gasteiger partial charge in [-0.15, -0.1) is 0 Å². The summed E-state index contributed by atoms with van der Waals surface area (Å²) in [4.78, 5) is 17.9. The Kier molecular flexibility index (Phi) is 5.51. The van der Waals surface area contributed by atoms with Gasteiger partial charge in [0.25, 0.3) is 0 Å². The predicted octanol–water partition coefficient (Wildman–Crippen LogP) is 4.04. The monoisotopic (exact) mass is 389 g/mol. The molecule has 29 heavy (non-hydrogen) atoms. The van der Waals surface area contributed by atoms with E-state index in [4.69, 9.17) is 4.74 Å². The van der Waals surface area contributed by atoms with Crippen molar-refractivity contribution in [3.8, 4) is 5.75 Å². The van der Waals surface area contributed by atoms with Gasteiger partial charge in [0.05, 0.1) is 12.9 Å². The standard InChI is InChI=1S/C21H23N7O/c1-15(2)28-14-24-18-19(23-12-13-29-17-6-4-3-5-7-17)26-21(27-20(18)28)25-16-8-10-22-11-9-16/h3-11,14-15H,12-13H2,1-2H3,(H2,22,23,25,26,27). The van der Waals surface area contributed by atoms with E-state index in [-0.39, 0.29) is 6.04 Å². The van der Waals surface area contributed by atoms with Crippen LogP contribution in [0.2, 0.25) is 0 Å². The Balaban J connectivity index is 1.55. The zero-order chi connectivity index (χ0) is 20.1. The van der Waals surface area contributed by atoms with Crippen LogP contribution in [0.15, 0.2) is 61.2 Å². The maximum absolute atomic E-state index is 5.76. The van der Waals surface area contributed by atoms with Crippen LogP contribution < -0.4 is 15.4 Å². The van der Waals surface area contributed by atoms with Gasteiger partial charge in [0, 0.05) is 24.1 Å². The van der Waals surface area contributed by atoms with E-state index in [2.05, 4.69) is 44.4 Å². The van der Waals surface area contributed by atoms with Crippen molar-refractivity contribution in [2.75, 3.05) is 23.8 Å². The number of imidazole rings is 1. The summed E-state index contributed by atoms with van der Waals surface area (Å²) in [5.41, 5.74) is 2.38. The van der Waals surface area contributed by atoms with E-state index < -0.39 is 0 Å². The summed E-state index contributed by atoms with van der Waals surface area (Å²) in [5, 5.41) is 6.57. The van der Waals surface area contributed by atoms with E-state index in [1.807, 2.05) is 47.0 Å². The number of fused-ring (bicyclic) bond motifs is 1. The summed E-state index contributed by atoms with van der Waals surface area (Å²) in [6.45, 7) is 5.29. The van der Waals surface area contributed by atoms with Crippen molar-refractivity contribution >= 4 is 28.6 Å². The van der Waals surface area contributed by atoms with Gasteiger partial charge in [-0.25, -0.2) is 4.98 Å². The smallest absolute Gasteiger partial charge is 0.231 e. The average molecular weight is 389 g/mol. The van der Waals surface area contributed by atoms with Gasteiger partial charge in [0.2, 0.25) is 5.95 Å². The largest absolute Gasteiger partial charge is 0.492 e. The van der Waals surface area contributed by atoms with Crippen molar-refractivity contribution < 1.29 is 4.74 Å². The minimum Gasteiger partial charge on any atom is -0.492 e. The van der Waals surface area contributed by atoms with Gasteiger partial charge in [-0.05, 0) is 38.1 Å². The van der Waals surface area contributed by atoms with Crippen LogP contribution in [-0.4, -0.2) is 37.7 Å². The first-order valence-corrected chi connectivity index (χ1v) is 9.54. The van der Waals surface area contributed by atoms with Crippen LogP contribution in [0.3, 0.4) is 0 Å². The zero-order valence-electron chi connectivity index (χ0n) is 16.4. The van der Waals surface area contributed by atoms with Crippen LogP contribution in [-0.2, 0) is 0 Å². The fourth-order valence-electron chi connectivity index (χ4n) is 2.89. The van der Waals surface area contributed by atoms with Crippen LogP contribution in [0.4, 0.5) is 17.5 Å². The molecule has 1 aromatic carbocycles. The van der Waals surface area contributed by atoms with Crippen LogP contribution in [0.25, 0.3) is 11.2 Å². The minimum absolute atomic E-state index is 0.234. The van der Waals surface area contributed by atoms with Crippen molar-refractivity contribution in [1.29, 1.82) is 0 Å². The number of pyridine rings is 1. The van der Waals surface area contributed by atoms with Crippen molar-refractivity contribution in [3.05, 3.63) is 61.2 Å². The molecular formula is C21H23N7O. The van der Waals surface area contributed by atoms with E-state index >= 15 is 0 Å². The number of hydrogen-bond donors (Lipinski definition) is 2. The summed E-state index contributed by atoms with van der Waals surface area (Å²) in [6, 6.07) is 13.7. The fourth-order valence-corrected chi connectivity index (χ4v) is 2.89. The molecule has 0 atom stereocenters. The highest BCUT2D eigenvalue weighted by Gasteiger charge is 2.15. The van der Waals surface area contributed by atoms with Gasteiger partial charge in [-0.3, -0.25) is 4.98 Å². The fraction of sp³-hybridized carbons (Fsp3) is 0.238. The lowest BCUT2D eigenvalue weighted by Gasteiger charge is -2.12. The summed E-state index contributed by atoms with van der Waals surface area (Å²) in [5.74, 6) is 2.01. The molecule has 0 amide bonds. The average Bonchev–Trinajstić information content (AvgIpc) is 3.17. The van der Waals surface area contributed by atoms with E-state index in [1.54, 1.807) is 18.7 Å². The van der Waals surface area contributed by atoms with Gasteiger partial charge in [-0.1, -0.05) is 18.2 Å². The quantitative estimate of drug-likeness (QED) is 0.440. The van der Waals surface area contributed by atoms with Crippen LogP contribution in [0, 0.1) is 0 Å². The molecule has 4 aromatic rings. The number of ether oxygens (including phenoxy) is 1. The predicted molar refractivity (Wildman–Crippen MR) is 114 cm³/mol. The molecular weight excluding hydrogens is 366 g/mol. The second-order valence-electron chi connectivity index (χ2n) is 6.76. The summed E-state index contributed by atoms with van der Waals surface area (Å²) in [6.07, 6.45) is 5.24. The molecule has 2 N–H and O–H groups in total. The molecule has 8 nitrogen and oxygen atoms in total. The lowest BCUT2D eigenvalue weighted by Crippen LogP contribution is -2.14. The van der Waals surface area contributed by atoms with Crippen molar-refractivity contribution in [3.63, 3.8) is 0 Å². The van der Waals surface area contributed by atoms with Gasteiger partial charge < -0.3 is 19.9 Å². The molecule has 8 heteroatoms. The summed E-state index contributed by atoms with van der Waals surface area (Å²) >= 11 is 0. The Labute approximate surface area is 169 Å². The third kappa shape index (κ3) is 4.43. The second kappa shape index (κ2) is 8.55. The number of nitrogens with zero attached hydrogens (tertiary/aromatic N) is 5. The van der Waals surface area contributed by atoms with Crippen LogP contribution >= 0.6 is 0 Å². The highest BCUT2D eigenvalue weighted by Crippen LogP contribution is 2.24. The molecule has 4 rings (SSSR count). The first kappa shape index (κ1) is 18.7. The number of aromatic nitrogens is 5. The number of para-hydroxylation sites is 1. The molecule has 0 aliphatic heterocycles. The normalized spacial score (nSPS) is 11.0. The Morgan fingerprint density at radius 3 is 2.59 bits per heavy atom. The maximum atomic E-state index is 5.76. The van der Waals surface area contributed by atoms with Gasteiger partial charge in [-0.2, -0.15) is 9.97 Å². The zero-order valence-corrected chi connectivity index (χ0v) is 16.4. The van der Waals surface area contributed by atoms with Crippen molar-refractivity contribution in [2.45, 2.75) is 19.9 Å². The molecule has 0 aliphatic rings. The topological polar surface area (TPSA) is 89.8 Å². The van der Waals surface area contributed by atoms with E-state index in [9.17, 15) is 0 Å². The van der Waals surface area contributed by atoms with Gasteiger partial charge in [0.1, 0.15) is 12.4 Å². The first-order chi connectivity index (χ1) is 14.2. The van der Waals surface area contributed by atoms with Gasteiger partial charge >= 0.3 is 0 Å². The van der Waals surface area contributed by atoms with E-state index in [1.165, 1.54) is 0 Å². The second-order valence-corrected chi connectivity index (χ2v) is 6.76. The summed E-state index contributed by atoms with van der Waals surface area (Å²) in [7, 11) is 0. The van der Waals surface area contributed by atoms with Crippen LogP contribution in [0.5, 0.6) is 5.75 Å². The number of nitrogens with one attached hydrogen (secondary N) is 2. The highest BCUT2D eigenvalue weighted by atomic mass is 16.5. The molecule has 0 aliphatic carbocycles. The Morgan fingerprint density at radius 1 is 1.03 bits per heavy atom. The van der Waals surface area contributed by atoms with E-state index in [0.29, 0.717) is 24.9 Å². The Morgan fingerprint density at radius 2 is 1.83 bits per heavy atom. The molecule has 0 bridgehead atoms. The first-order valence-electron chi connectivity index (χ1n) is 9.54. The number of hydrogen-bond acceptors (Lipinski definition) is 7. The molecule has 3 heterocycles. The van der Waals surface area contributed by atoms with Crippen molar-refractivity contribution in [1.82, 2.24) is 24.5 Å². The third-order valence-corrected chi connectivity index (χ3v) is 4.32. The lowest BCUT2D eigenvalue weighted by atomic mass is 10.3. The lowest BCUT2D eigenvalue weighted by molar-refractivity contribution is 0.333. The Bertz CT molecular complexity index is 1060. The number of benzene rings is 1. The number of anilines is 3. The molecule has 0 saturated heterocycles. The van der Waals surface area contributed by atoms with Crippen molar-refractivity contribution in [2.24, 2.45) is 0 Å². The van der Waals surface area contributed by atoms with E-state index in [0.717, 1.165) is 22.6 Å². The number of rotatable bonds is 8. The minimum atomic E-state index is 0.234.